The maximum absolute atomic E-state index is 13.5. The van der Waals surface area contributed by atoms with Crippen LogP contribution in [0.4, 0.5) is 34.1 Å². The maximum Gasteiger partial charge on any atom is 0.258 e. The van der Waals surface area contributed by atoms with E-state index in [0.717, 1.165) is 11.1 Å². The molecule has 5 aromatic rings. The predicted octanol–water partition coefficient (Wildman–Crippen LogP) is 11.2. The van der Waals surface area contributed by atoms with E-state index in [9.17, 15) is 28.8 Å². The van der Waals surface area contributed by atoms with Crippen LogP contribution in [0.25, 0.3) is 0 Å². The predicted molar refractivity (Wildman–Crippen MR) is 270 cm³/mol. The molecule has 4 N–H and O–H groups in total. The molecule has 2 atom stereocenters. The highest BCUT2D eigenvalue weighted by molar-refractivity contribution is 6.32. The van der Waals surface area contributed by atoms with Crippen LogP contribution in [0.1, 0.15) is 51.3 Å². The van der Waals surface area contributed by atoms with Gasteiger partial charge >= 0.3 is 0 Å². The quantitative estimate of drug-likeness (QED) is 0.0296. The third kappa shape index (κ3) is 15.3. The fourth-order valence-electron chi connectivity index (χ4n) is 6.57. The number of Topliss-reactive ketones (excluding diaryl/α,β-unsaturated/α-hetero) is 2. The molecule has 0 radical (unpaired) electrons. The lowest BCUT2D eigenvalue weighted by Crippen LogP contribution is -2.32. The Balaban J connectivity index is 1.28. The number of hydrogen-bond donors (Lipinski definition) is 4. The molecule has 69 heavy (non-hydrogen) atoms. The topological polar surface area (TPSA) is 218 Å². The molecule has 0 aliphatic heterocycles. The first-order valence-corrected chi connectivity index (χ1v) is 23.2. The second kappa shape index (κ2) is 25.8. The lowest BCUT2D eigenvalue weighted by molar-refractivity contribution is -0.127. The number of rotatable bonds is 22. The van der Waals surface area contributed by atoms with E-state index < -0.39 is 47.3 Å². The molecular formula is C48H45Cl5N8O8. The number of carbonyl (C=O) groups excluding carboxylic acids is 6. The van der Waals surface area contributed by atoms with Gasteiger partial charge in [-0.2, -0.15) is 20.5 Å². The van der Waals surface area contributed by atoms with Gasteiger partial charge in [0.05, 0.1) is 25.6 Å². The molecule has 0 aliphatic carbocycles. The summed E-state index contributed by atoms with van der Waals surface area (Å²) in [6.45, 7) is 2.33. The number of halogens is 5. The molecule has 4 amide bonds. The molecular weight excluding hydrogens is 994 g/mol. The normalized spacial score (nSPS) is 12.0. The van der Waals surface area contributed by atoms with Crippen molar-refractivity contribution in [3.63, 3.8) is 0 Å². The van der Waals surface area contributed by atoms with E-state index in [1.807, 2.05) is 0 Å². The van der Waals surface area contributed by atoms with Crippen LogP contribution in [-0.2, 0) is 38.4 Å². The van der Waals surface area contributed by atoms with Gasteiger partial charge in [0.15, 0.2) is 11.6 Å². The highest BCUT2D eigenvalue weighted by Crippen LogP contribution is 2.29. The Morgan fingerprint density at radius 1 is 0.507 bits per heavy atom. The van der Waals surface area contributed by atoms with Crippen molar-refractivity contribution < 1.29 is 38.2 Å². The van der Waals surface area contributed by atoms with Crippen LogP contribution in [0.15, 0.2) is 111 Å². The van der Waals surface area contributed by atoms with Gasteiger partial charge in [0.1, 0.15) is 11.5 Å². The number of benzene rings is 5. The number of alkyl halides is 3. The first kappa shape index (κ1) is 53.5. The SMILES string of the molecule is COc1ccc(NC(=O)c2cc(Cl)cc(N=NC(C(C)=O)C(=O)Nc3ccc(NC(=O)C(N=Nc4cc(Cl)cc(C(=O)Nc5ccc(OC)cc5CCCl)c4)C(C)=O)c(CCCl)c3)c2)c(CCCl)c1. The molecule has 0 bridgehead atoms. The molecule has 0 saturated carbocycles. The van der Waals surface area contributed by atoms with E-state index >= 15 is 0 Å². The molecule has 0 fully saturated rings. The summed E-state index contributed by atoms with van der Waals surface area (Å²) < 4.78 is 10.6. The van der Waals surface area contributed by atoms with Gasteiger partial charge in [-0.05, 0) is 141 Å². The van der Waals surface area contributed by atoms with Gasteiger partial charge in [0.2, 0.25) is 12.1 Å². The molecule has 0 saturated heterocycles. The smallest absolute Gasteiger partial charge is 0.258 e. The Morgan fingerprint density at radius 2 is 0.899 bits per heavy atom. The Bertz CT molecular complexity index is 2810. The monoisotopic (exact) mass is 1040 g/mol. The molecule has 0 aliphatic rings. The molecule has 0 aromatic heterocycles. The molecule has 2 unspecified atom stereocenters. The number of methoxy groups -OCH3 is 2. The van der Waals surface area contributed by atoms with Crippen molar-refractivity contribution in [2.45, 2.75) is 45.2 Å². The van der Waals surface area contributed by atoms with Crippen molar-refractivity contribution in [1.82, 2.24) is 0 Å². The average molecular weight is 1040 g/mol. The molecule has 360 valence electrons. The minimum absolute atomic E-state index is 0.0939. The Hall–Kier alpha value is -6.43. The summed E-state index contributed by atoms with van der Waals surface area (Å²) in [5.74, 6) is -2.05. The number of anilines is 4. The van der Waals surface area contributed by atoms with E-state index in [4.69, 9.17) is 67.5 Å². The van der Waals surface area contributed by atoms with Crippen molar-refractivity contribution >= 4 is 127 Å². The zero-order chi connectivity index (χ0) is 50.2. The number of carbonyl (C=O) groups is 6. The van der Waals surface area contributed by atoms with E-state index in [2.05, 4.69) is 41.7 Å². The number of hydrogen-bond acceptors (Lipinski definition) is 12. The van der Waals surface area contributed by atoms with E-state index in [1.54, 1.807) is 36.4 Å². The number of ether oxygens (including phenoxy) is 2. The van der Waals surface area contributed by atoms with Crippen LogP contribution >= 0.6 is 58.0 Å². The van der Waals surface area contributed by atoms with Gasteiger partial charge in [-0.3, -0.25) is 28.8 Å². The van der Waals surface area contributed by atoms with Gasteiger partial charge in [-0.25, -0.2) is 0 Å². The molecule has 0 heterocycles. The average Bonchev–Trinajstić information content (AvgIpc) is 3.30. The van der Waals surface area contributed by atoms with E-state index in [0.29, 0.717) is 53.0 Å². The lowest BCUT2D eigenvalue weighted by atomic mass is 10.1. The molecule has 0 spiro atoms. The van der Waals surface area contributed by atoms with Crippen LogP contribution in [0, 0.1) is 0 Å². The highest BCUT2D eigenvalue weighted by atomic mass is 35.5. The first-order chi connectivity index (χ1) is 33.0. The number of amides is 4. The first-order valence-electron chi connectivity index (χ1n) is 20.9. The Morgan fingerprint density at radius 3 is 1.30 bits per heavy atom. The molecule has 16 nitrogen and oxygen atoms in total. The number of nitrogens with zero attached hydrogens (tertiary/aromatic N) is 4. The summed E-state index contributed by atoms with van der Waals surface area (Å²) >= 11 is 30.7. The summed E-state index contributed by atoms with van der Waals surface area (Å²) in [5.41, 5.74) is 3.92. The van der Waals surface area contributed by atoms with Crippen LogP contribution in [-0.4, -0.2) is 79.1 Å². The van der Waals surface area contributed by atoms with Gasteiger partial charge in [0, 0.05) is 61.6 Å². The van der Waals surface area contributed by atoms with Crippen molar-refractivity contribution in [2.75, 3.05) is 53.1 Å². The van der Waals surface area contributed by atoms with Crippen LogP contribution in [0.2, 0.25) is 10.0 Å². The summed E-state index contributed by atoms with van der Waals surface area (Å²) in [6.07, 6.45) is 1.13. The fourth-order valence-corrected chi connectivity index (χ4v) is 7.64. The Labute approximate surface area is 422 Å². The third-order valence-electron chi connectivity index (χ3n) is 9.98. The van der Waals surface area contributed by atoms with E-state index in [-0.39, 0.29) is 56.2 Å². The minimum Gasteiger partial charge on any atom is -0.497 e. The van der Waals surface area contributed by atoms with Gasteiger partial charge in [-0.15, -0.1) is 34.8 Å². The van der Waals surface area contributed by atoms with Gasteiger partial charge < -0.3 is 30.7 Å². The highest BCUT2D eigenvalue weighted by Gasteiger charge is 2.26. The second-order valence-electron chi connectivity index (χ2n) is 15.0. The molecule has 21 heteroatoms. The maximum atomic E-state index is 13.5. The summed E-state index contributed by atoms with van der Waals surface area (Å²) in [6, 6.07) is 20.0. The van der Waals surface area contributed by atoms with Crippen molar-refractivity contribution in [2.24, 2.45) is 20.5 Å². The zero-order valence-electron chi connectivity index (χ0n) is 37.5. The standard InChI is InChI=1S/C48H45Cl5N8O8/c1-26(62)43(60-58-36-20-31(17-33(52)24-36)45(64)55-41-9-6-38(68-3)22-29(41)12-15-50)47(66)54-35-5-8-40(28(19-35)11-14-49)57-48(67)44(27(2)63)61-59-37-21-32(18-34(53)25-37)46(65)56-42-10-7-39(69-4)23-30(42)13-16-51/h5-10,17-25,43-44H,11-16H2,1-4H3,(H,54,66)(H,55,64)(H,56,65)(H,57,67). The number of azo groups is 2. The van der Waals surface area contributed by atoms with Crippen molar-refractivity contribution in [3.8, 4) is 11.5 Å². The van der Waals surface area contributed by atoms with Gasteiger partial charge in [0.25, 0.3) is 23.6 Å². The second-order valence-corrected chi connectivity index (χ2v) is 17.0. The number of ketones is 2. The summed E-state index contributed by atoms with van der Waals surface area (Å²) in [4.78, 5) is 79.1. The fraction of sp³-hybridized carbons (Fsp3) is 0.250. The van der Waals surface area contributed by atoms with Gasteiger partial charge in [-0.1, -0.05) is 23.2 Å². The number of aryl methyl sites for hydroxylation is 3. The molecule has 5 rings (SSSR count). The van der Waals surface area contributed by atoms with E-state index in [1.165, 1.54) is 82.7 Å². The third-order valence-corrected chi connectivity index (χ3v) is 11.0. The molecule has 5 aromatic carbocycles. The summed E-state index contributed by atoms with van der Waals surface area (Å²) in [5, 5.41) is 27.4. The van der Waals surface area contributed by atoms with Crippen LogP contribution in [0.3, 0.4) is 0 Å². The van der Waals surface area contributed by atoms with Crippen LogP contribution < -0.4 is 30.7 Å². The minimum atomic E-state index is -1.61. The van der Waals surface area contributed by atoms with Crippen molar-refractivity contribution in [1.29, 1.82) is 0 Å². The lowest BCUT2D eigenvalue weighted by Gasteiger charge is -2.15. The zero-order valence-corrected chi connectivity index (χ0v) is 41.3. The largest absolute Gasteiger partial charge is 0.497 e. The van der Waals surface area contributed by atoms with Crippen LogP contribution in [0.5, 0.6) is 11.5 Å². The Kier molecular flexibility index (Phi) is 20.0. The summed E-state index contributed by atoms with van der Waals surface area (Å²) in [7, 11) is 3.06. The van der Waals surface area contributed by atoms with Crippen molar-refractivity contribution in [3.05, 3.63) is 129 Å². The number of nitrogens with one attached hydrogen (secondary N) is 4.